The maximum atomic E-state index is 10.8. The molecule has 0 aromatic heterocycles. The highest BCUT2D eigenvalue weighted by Crippen LogP contribution is 2.03. The predicted octanol–water partition coefficient (Wildman–Crippen LogP) is 0.828. The Bertz CT molecular complexity index is 199. The highest BCUT2D eigenvalue weighted by atomic mass is 79.9. The lowest BCUT2D eigenvalue weighted by Gasteiger charge is -2.17. The number of aliphatic carboxylic acids is 1. The van der Waals surface area contributed by atoms with Gasteiger partial charge < -0.3 is 10.0 Å². The molecule has 0 unspecified atom stereocenters. The first-order chi connectivity index (χ1) is 5.43. The number of hydrogen-bond acceptors (Lipinski definition) is 2. The van der Waals surface area contributed by atoms with Crippen LogP contribution in [0.1, 0.15) is 6.92 Å². The van der Waals surface area contributed by atoms with Crippen molar-refractivity contribution in [3.8, 4) is 0 Å². The monoisotopic (exact) mass is 235 g/mol. The molecule has 0 saturated carbocycles. The molecule has 0 heterocycles. The van der Waals surface area contributed by atoms with Crippen molar-refractivity contribution < 1.29 is 14.7 Å². The van der Waals surface area contributed by atoms with Crippen LogP contribution in [0.5, 0.6) is 0 Å². The van der Waals surface area contributed by atoms with Crippen LogP contribution in [0.3, 0.4) is 0 Å². The number of carboxylic acid groups (broad SMARTS) is 1. The lowest BCUT2D eigenvalue weighted by atomic mass is 10.4. The van der Waals surface area contributed by atoms with E-state index in [4.69, 9.17) is 5.11 Å². The molecule has 0 saturated heterocycles. The minimum absolute atomic E-state index is 0.224. The molecule has 12 heavy (non-hydrogen) atoms. The van der Waals surface area contributed by atoms with Crippen molar-refractivity contribution in [1.29, 1.82) is 0 Å². The number of rotatable bonds is 4. The lowest BCUT2D eigenvalue weighted by molar-refractivity contribution is -0.143. The molecule has 1 amide bonds. The Morgan fingerprint density at radius 2 is 2.00 bits per heavy atom. The zero-order chi connectivity index (χ0) is 9.72. The summed E-state index contributed by atoms with van der Waals surface area (Å²) in [5.74, 6) is -1.31. The van der Waals surface area contributed by atoms with Crippen LogP contribution in [0, 0.1) is 0 Å². The van der Waals surface area contributed by atoms with Gasteiger partial charge in [0.05, 0.1) is 6.54 Å². The predicted molar refractivity (Wildman–Crippen MR) is 48.0 cm³/mol. The van der Waals surface area contributed by atoms with Crippen LogP contribution in [0.2, 0.25) is 0 Å². The minimum Gasteiger partial charge on any atom is -0.480 e. The van der Waals surface area contributed by atoms with Crippen LogP contribution in [0.25, 0.3) is 0 Å². The van der Waals surface area contributed by atoms with E-state index in [9.17, 15) is 9.59 Å². The van der Waals surface area contributed by atoms with E-state index in [0.717, 1.165) is 0 Å². The van der Waals surface area contributed by atoms with Crippen LogP contribution in [0.15, 0.2) is 11.1 Å². The molecule has 5 heteroatoms. The second kappa shape index (κ2) is 4.92. The largest absolute Gasteiger partial charge is 0.480 e. The number of carbonyl (C=O) groups excluding carboxylic acids is 1. The lowest BCUT2D eigenvalue weighted by Crippen LogP contribution is -2.34. The fourth-order valence-electron chi connectivity index (χ4n) is 0.649. The van der Waals surface area contributed by atoms with E-state index in [-0.39, 0.29) is 19.0 Å². The second-order valence-corrected chi connectivity index (χ2v) is 3.41. The Morgan fingerprint density at radius 1 is 1.50 bits per heavy atom. The van der Waals surface area contributed by atoms with E-state index in [1.807, 2.05) is 0 Å². The number of nitrogens with zero attached hydrogens (tertiary/aromatic N) is 1. The zero-order valence-corrected chi connectivity index (χ0v) is 8.30. The molecule has 0 aromatic carbocycles. The Kier molecular flexibility index (Phi) is 4.58. The number of carboxylic acids is 1. The summed E-state index contributed by atoms with van der Waals surface area (Å²) < 4.78 is 0.582. The molecule has 0 radical (unpaired) electrons. The van der Waals surface area contributed by atoms with Gasteiger partial charge in [0.15, 0.2) is 0 Å². The van der Waals surface area contributed by atoms with Crippen molar-refractivity contribution >= 4 is 27.8 Å². The van der Waals surface area contributed by atoms with Gasteiger partial charge in [-0.2, -0.15) is 0 Å². The van der Waals surface area contributed by atoms with E-state index in [1.165, 1.54) is 11.8 Å². The second-order valence-electron chi connectivity index (χ2n) is 2.29. The summed E-state index contributed by atoms with van der Waals surface area (Å²) in [7, 11) is 0. The van der Waals surface area contributed by atoms with Gasteiger partial charge in [0.2, 0.25) is 5.91 Å². The Labute approximate surface area is 79.0 Å². The van der Waals surface area contributed by atoms with Crippen LogP contribution in [0.4, 0.5) is 0 Å². The maximum Gasteiger partial charge on any atom is 0.323 e. The molecule has 0 spiro atoms. The molecule has 4 nitrogen and oxygen atoms in total. The molecule has 0 aliphatic carbocycles. The third-order valence-corrected chi connectivity index (χ3v) is 1.38. The summed E-state index contributed by atoms with van der Waals surface area (Å²) in [5.41, 5.74) is 0. The van der Waals surface area contributed by atoms with Gasteiger partial charge in [0.25, 0.3) is 0 Å². The van der Waals surface area contributed by atoms with Crippen molar-refractivity contribution in [3.05, 3.63) is 11.1 Å². The molecule has 0 aliphatic rings. The average molecular weight is 236 g/mol. The molecule has 0 bridgehead atoms. The molecular formula is C7H10BrNO3. The van der Waals surface area contributed by atoms with Gasteiger partial charge in [0.1, 0.15) is 6.54 Å². The fraction of sp³-hybridized carbons (Fsp3) is 0.429. The summed E-state index contributed by atoms with van der Waals surface area (Å²) in [6.45, 7) is 4.76. The molecule has 0 atom stereocenters. The summed E-state index contributed by atoms with van der Waals surface area (Å²) >= 11 is 3.05. The van der Waals surface area contributed by atoms with Crippen molar-refractivity contribution in [2.75, 3.05) is 13.1 Å². The quantitative estimate of drug-likeness (QED) is 0.786. The molecule has 0 aromatic rings. The fourth-order valence-corrected chi connectivity index (χ4v) is 0.952. The molecule has 0 aliphatic heterocycles. The molecular weight excluding hydrogens is 226 g/mol. The van der Waals surface area contributed by atoms with Gasteiger partial charge in [-0.05, 0) is 0 Å². The zero-order valence-electron chi connectivity index (χ0n) is 6.71. The van der Waals surface area contributed by atoms with Crippen molar-refractivity contribution in [3.63, 3.8) is 0 Å². The first kappa shape index (κ1) is 11.2. The standard InChI is InChI=1S/C7H10BrNO3/c1-5(8)3-9(6(2)10)4-7(11)12/h1,3-4H2,2H3,(H,11,12). The Hall–Kier alpha value is -0.840. The number of amides is 1. The van der Waals surface area contributed by atoms with E-state index in [2.05, 4.69) is 22.5 Å². The smallest absolute Gasteiger partial charge is 0.323 e. The number of carbonyl (C=O) groups is 2. The van der Waals surface area contributed by atoms with Crippen molar-refractivity contribution in [2.24, 2.45) is 0 Å². The van der Waals surface area contributed by atoms with E-state index >= 15 is 0 Å². The van der Waals surface area contributed by atoms with Crippen LogP contribution < -0.4 is 0 Å². The summed E-state index contributed by atoms with van der Waals surface area (Å²) in [5, 5.41) is 8.41. The Balaban J connectivity index is 4.14. The number of halogens is 1. The molecule has 68 valence electrons. The molecule has 1 N–H and O–H groups in total. The van der Waals surface area contributed by atoms with E-state index in [0.29, 0.717) is 4.48 Å². The molecule has 0 fully saturated rings. The van der Waals surface area contributed by atoms with Crippen molar-refractivity contribution in [2.45, 2.75) is 6.92 Å². The third kappa shape index (κ3) is 4.90. The van der Waals surface area contributed by atoms with Gasteiger partial charge in [-0.25, -0.2) is 0 Å². The maximum absolute atomic E-state index is 10.8. The summed E-state index contributed by atoms with van der Waals surface area (Å²) in [6, 6.07) is 0. The number of hydrogen-bond donors (Lipinski definition) is 1. The SMILES string of the molecule is C=C(Br)CN(CC(=O)O)C(C)=O. The topological polar surface area (TPSA) is 57.6 Å². The van der Waals surface area contributed by atoms with Gasteiger partial charge in [-0.15, -0.1) is 0 Å². The van der Waals surface area contributed by atoms with Gasteiger partial charge in [-0.3, -0.25) is 9.59 Å². The van der Waals surface area contributed by atoms with Crippen molar-refractivity contribution in [1.82, 2.24) is 4.90 Å². The van der Waals surface area contributed by atoms with Crippen LogP contribution in [-0.4, -0.2) is 35.0 Å². The van der Waals surface area contributed by atoms with Crippen LogP contribution >= 0.6 is 15.9 Å². The normalized spacial score (nSPS) is 9.17. The Morgan fingerprint density at radius 3 is 2.25 bits per heavy atom. The summed E-state index contributed by atoms with van der Waals surface area (Å²) in [4.78, 5) is 22.3. The van der Waals surface area contributed by atoms with E-state index in [1.54, 1.807) is 0 Å². The average Bonchev–Trinajstić information content (AvgIpc) is 1.83. The first-order valence-electron chi connectivity index (χ1n) is 3.24. The highest BCUT2D eigenvalue weighted by molar-refractivity contribution is 9.11. The van der Waals surface area contributed by atoms with Gasteiger partial charge in [-0.1, -0.05) is 22.5 Å². The first-order valence-corrected chi connectivity index (χ1v) is 4.03. The van der Waals surface area contributed by atoms with E-state index < -0.39 is 5.97 Å². The summed E-state index contributed by atoms with van der Waals surface area (Å²) in [6.07, 6.45) is 0. The van der Waals surface area contributed by atoms with Crippen LogP contribution in [-0.2, 0) is 9.59 Å². The highest BCUT2D eigenvalue weighted by Gasteiger charge is 2.12. The third-order valence-electron chi connectivity index (χ3n) is 1.13. The molecule has 0 rings (SSSR count). The minimum atomic E-state index is -1.03. The van der Waals surface area contributed by atoms with Gasteiger partial charge in [0, 0.05) is 11.4 Å². The van der Waals surface area contributed by atoms with Gasteiger partial charge >= 0.3 is 5.97 Å².